The third-order valence-corrected chi connectivity index (χ3v) is 2.63. The van der Waals surface area contributed by atoms with Gasteiger partial charge in [-0.3, -0.25) is 5.10 Å². The number of aromatic amines is 1. The van der Waals surface area contributed by atoms with Gasteiger partial charge < -0.3 is 4.74 Å². The van der Waals surface area contributed by atoms with Crippen LogP contribution >= 0.6 is 22.6 Å². The monoisotopic (exact) mass is 292 g/mol. The van der Waals surface area contributed by atoms with Crippen LogP contribution in [0.15, 0.2) is 12.1 Å². The molecule has 0 atom stereocenters. The Balaban J connectivity index is 2.80. The van der Waals surface area contributed by atoms with E-state index in [1.54, 1.807) is 12.1 Å². The molecular weight excluding hydrogens is 286 g/mol. The van der Waals surface area contributed by atoms with Gasteiger partial charge in [-0.25, -0.2) is 4.39 Å². The minimum absolute atomic E-state index is 0.218. The standard InChI is InChI=1S/C8H6FIN2O/c1-13-5-3-2-4-7(6(5)9)11-12-8(4)10/h2-3H,1H3,(H,11,12). The minimum Gasteiger partial charge on any atom is -0.494 e. The van der Waals surface area contributed by atoms with Gasteiger partial charge in [0, 0.05) is 5.39 Å². The molecular formula is C8H6FIN2O. The third kappa shape index (κ3) is 1.27. The fourth-order valence-electron chi connectivity index (χ4n) is 1.16. The van der Waals surface area contributed by atoms with E-state index in [2.05, 4.69) is 32.8 Å². The second-order valence-electron chi connectivity index (χ2n) is 2.52. The molecule has 3 nitrogen and oxygen atoms in total. The van der Waals surface area contributed by atoms with Crippen molar-refractivity contribution < 1.29 is 9.13 Å². The summed E-state index contributed by atoms with van der Waals surface area (Å²) >= 11 is 2.07. The van der Waals surface area contributed by atoms with Crippen LogP contribution in [0.4, 0.5) is 4.39 Å². The average molecular weight is 292 g/mol. The molecule has 13 heavy (non-hydrogen) atoms. The highest BCUT2D eigenvalue weighted by molar-refractivity contribution is 14.1. The minimum atomic E-state index is -0.417. The summed E-state index contributed by atoms with van der Waals surface area (Å²) < 4.78 is 19.1. The number of nitrogens with one attached hydrogen (secondary N) is 1. The van der Waals surface area contributed by atoms with Crippen LogP contribution < -0.4 is 4.74 Å². The molecule has 0 amide bonds. The molecule has 0 aliphatic heterocycles. The van der Waals surface area contributed by atoms with Crippen molar-refractivity contribution in [2.45, 2.75) is 0 Å². The van der Waals surface area contributed by atoms with Crippen LogP contribution in [0, 0.1) is 9.52 Å². The fourth-order valence-corrected chi connectivity index (χ4v) is 1.71. The zero-order valence-corrected chi connectivity index (χ0v) is 8.92. The number of fused-ring (bicyclic) bond motifs is 1. The van der Waals surface area contributed by atoms with Crippen LogP contribution in [0.3, 0.4) is 0 Å². The number of aromatic nitrogens is 2. The van der Waals surface area contributed by atoms with E-state index < -0.39 is 5.82 Å². The van der Waals surface area contributed by atoms with E-state index in [9.17, 15) is 4.39 Å². The van der Waals surface area contributed by atoms with E-state index in [0.29, 0.717) is 5.52 Å². The highest BCUT2D eigenvalue weighted by Crippen LogP contribution is 2.26. The summed E-state index contributed by atoms with van der Waals surface area (Å²) in [5.74, 6) is -0.199. The van der Waals surface area contributed by atoms with Crippen molar-refractivity contribution in [3.05, 3.63) is 21.7 Å². The number of H-pyrrole nitrogens is 1. The third-order valence-electron chi connectivity index (χ3n) is 1.80. The number of hydrogen-bond acceptors (Lipinski definition) is 2. The van der Waals surface area contributed by atoms with Gasteiger partial charge in [-0.1, -0.05) is 0 Å². The largest absolute Gasteiger partial charge is 0.494 e. The Labute approximate surface area is 87.4 Å². The van der Waals surface area contributed by atoms with Gasteiger partial charge in [0.2, 0.25) is 0 Å². The van der Waals surface area contributed by atoms with Gasteiger partial charge in [-0.2, -0.15) is 5.10 Å². The Morgan fingerprint density at radius 3 is 3.00 bits per heavy atom. The molecule has 2 rings (SSSR count). The van der Waals surface area contributed by atoms with Crippen LogP contribution in [0.1, 0.15) is 0 Å². The lowest BCUT2D eigenvalue weighted by Gasteiger charge is -2.00. The molecule has 0 aliphatic rings. The Morgan fingerprint density at radius 1 is 1.54 bits per heavy atom. The first-order valence-corrected chi connectivity index (χ1v) is 4.68. The molecule has 1 aromatic carbocycles. The van der Waals surface area contributed by atoms with Crippen molar-refractivity contribution >= 4 is 33.5 Å². The number of rotatable bonds is 1. The first kappa shape index (κ1) is 8.74. The van der Waals surface area contributed by atoms with Crippen molar-refractivity contribution in [3.8, 4) is 5.75 Å². The molecule has 1 aromatic heterocycles. The Hall–Kier alpha value is -0.850. The molecule has 0 spiro atoms. The summed E-state index contributed by atoms with van der Waals surface area (Å²) in [5.41, 5.74) is 0.323. The molecule has 68 valence electrons. The van der Waals surface area contributed by atoms with Gasteiger partial charge in [0.1, 0.15) is 9.22 Å². The summed E-state index contributed by atoms with van der Waals surface area (Å²) in [7, 11) is 1.43. The summed E-state index contributed by atoms with van der Waals surface area (Å²) in [6.07, 6.45) is 0. The fraction of sp³-hybridized carbons (Fsp3) is 0.125. The number of hydrogen-bond donors (Lipinski definition) is 1. The maximum absolute atomic E-state index is 13.5. The lowest BCUT2D eigenvalue weighted by Crippen LogP contribution is -1.88. The summed E-state index contributed by atoms with van der Waals surface area (Å²) in [5, 5.41) is 7.33. The van der Waals surface area contributed by atoms with Crippen molar-refractivity contribution in [2.24, 2.45) is 0 Å². The molecule has 0 fully saturated rings. The van der Waals surface area contributed by atoms with Crippen LogP contribution in [0.2, 0.25) is 0 Å². The number of benzene rings is 1. The second-order valence-corrected chi connectivity index (χ2v) is 3.59. The predicted octanol–water partition coefficient (Wildman–Crippen LogP) is 2.32. The number of methoxy groups -OCH3 is 1. The normalized spacial score (nSPS) is 10.7. The quantitative estimate of drug-likeness (QED) is 0.819. The lowest BCUT2D eigenvalue weighted by atomic mass is 10.2. The summed E-state index contributed by atoms with van der Waals surface area (Å²) in [4.78, 5) is 0. The van der Waals surface area contributed by atoms with E-state index in [1.807, 2.05) is 0 Å². The van der Waals surface area contributed by atoms with Crippen molar-refractivity contribution in [1.82, 2.24) is 10.2 Å². The Kier molecular flexibility index (Phi) is 2.10. The molecule has 0 saturated heterocycles. The molecule has 2 aromatic rings. The predicted molar refractivity (Wildman–Crippen MR) is 55.3 cm³/mol. The summed E-state index contributed by atoms with van der Waals surface area (Å²) in [6, 6.07) is 3.37. The van der Waals surface area contributed by atoms with E-state index in [4.69, 9.17) is 4.74 Å². The smallest absolute Gasteiger partial charge is 0.193 e. The number of halogens is 2. The molecule has 0 radical (unpaired) electrons. The molecule has 1 N–H and O–H groups in total. The summed E-state index contributed by atoms with van der Waals surface area (Å²) in [6.45, 7) is 0. The van der Waals surface area contributed by atoms with Crippen molar-refractivity contribution in [2.75, 3.05) is 7.11 Å². The molecule has 1 heterocycles. The van der Waals surface area contributed by atoms with Crippen LogP contribution in [0.25, 0.3) is 10.9 Å². The lowest BCUT2D eigenvalue weighted by molar-refractivity contribution is 0.388. The van der Waals surface area contributed by atoms with Gasteiger partial charge in [-0.15, -0.1) is 0 Å². The SMILES string of the molecule is COc1ccc2c(I)[nH]nc2c1F. The first-order chi connectivity index (χ1) is 6.24. The molecule has 5 heteroatoms. The van der Waals surface area contributed by atoms with Crippen LogP contribution in [-0.2, 0) is 0 Å². The van der Waals surface area contributed by atoms with Crippen molar-refractivity contribution in [1.29, 1.82) is 0 Å². The second kappa shape index (κ2) is 3.13. The number of ether oxygens (including phenoxy) is 1. The van der Waals surface area contributed by atoms with E-state index >= 15 is 0 Å². The molecule has 0 saturated carbocycles. The van der Waals surface area contributed by atoms with Gasteiger partial charge in [0.05, 0.1) is 7.11 Å². The molecule has 0 aliphatic carbocycles. The average Bonchev–Trinajstić information content (AvgIpc) is 2.50. The van der Waals surface area contributed by atoms with Crippen molar-refractivity contribution in [3.63, 3.8) is 0 Å². The van der Waals surface area contributed by atoms with E-state index in [0.717, 1.165) is 9.09 Å². The Morgan fingerprint density at radius 2 is 2.31 bits per heavy atom. The highest BCUT2D eigenvalue weighted by atomic mass is 127. The van der Waals surface area contributed by atoms with Gasteiger partial charge >= 0.3 is 0 Å². The maximum Gasteiger partial charge on any atom is 0.193 e. The first-order valence-electron chi connectivity index (χ1n) is 3.60. The topological polar surface area (TPSA) is 37.9 Å². The highest BCUT2D eigenvalue weighted by Gasteiger charge is 2.11. The van der Waals surface area contributed by atoms with E-state index in [1.165, 1.54) is 7.11 Å². The van der Waals surface area contributed by atoms with Crippen LogP contribution in [-0.4, -0.2) is 17.3 Å². The Bertz CT molecular complexity index is 455. The molecule has 0 unspecified atom stereocenters. The zero-order valence-electron chi connectivity index (χ0n) is 6.77. The van der Waals surface area contributed by atoms with E-state index in [-0.39, 0.29) is 5.75 Å². The van der Waals surface area contributed by atoms with Gasteiger partial charge in [-0.05, 0) is 34.7 Å². The zero-order chi connectivity index (χ0) is 9.42. The molecule has 0 bridgehead atoms. The van der Waals surface area contributed by atoms with Gasteiger partial charge in [0.15, 0.2) is 11.6 Å². The van der Waals surface area contributed by atoms with Crippen LogP contribution in [0.5, 0.6) is 5.75 Å². The number of nitrogens with zero attached hydrogens (tertiary/aromatic N) is 1. The van der Waals surface area contributed by atoms with Gasteiger partial charge in [0.25, 0.3) is 0 Å². The maximum atomic E-state index is 13.5.